The minimum Gasteiger partial charge on any atom is -0.481 e. The summed E-state index contributed by atoms with van der Waals surface area (Å²) in [6.07, 6.45) is -0.130. The number of carbonyl (C=O) groups is 1. The fourth-order valence-corrected chi connectivity index (χ4v) is 1.48. The highest BCUT2D eigenvalue weighted by Gasteiger charge is 2.18. The predicted molar refractivity (Wildman–Crippen MR) is 53.3 cm³/mol. The first-order valence-corrected chi connectivity index (χ1v) is 4.60. The largest absolute Gasteiger partial charge is 0.481 e. The lowest BCUT2D eigenvalue weighted by atomic mass is 9.96. The number of benzene rings is 1. The minimum absolute atomic E-state index is 0.130. The quantitative estimate of drug-likeness (QED) is 0.812. The van der Waals surface area contributed by atoms with Crippen molar-refractivity contribution in [3.8, 4) is 0 Å². The summed E-state index contributed by atoms with van der Waals surface area (Å²) >= 11 is 0. The third-order valence-corrected chi connectivity index (χ3v) is 2.13. The van der Waals surface area contributed by atoms with Gasteiger partial charge in [0.15, 0.2) is 0 Å². The predicted octanol–water partition coefficient (Wildman–Crippen LogP) is 2.03. The molecule has 0 aromatic heterocycles. The summed E-state index contributed by atoms with van der Waals surface area (Å²) in [5.74, 6) is -1.78. The molecule has 82 valence electrons. The standard InChI is InChI=1S/C11H13FO3/c1-15-7-8(6-11(13)14)9-4-2-3-5-10(9)12/h2-5,8H,6-7H2,1H3,(H,13,14). The Morgan fingerprint density at radius 1 is 1.53 bits per heavy atom. The Labute approximate surface area is 87.5 Å². The van der Waals surface area contributed by atoms with Crippen LogP contribution in [-0.2, 0) is 9.53 Å². The van der Waals surface area contributed by atoms with E-state index in [0.29, 0.717) is 5.56 Å². The van der Waals surface area contributed by atoms with Crippen LogP contribution in [0.5, 0.6) is 0 Å². The number of methoxy groups -OCH3 is 1. The van der Waals surface area contributed by atoms with E-state index in [1.807, 2.05) is 0 Å². The number of rotatable bonds is 5. The van der Waals surface area contributed by atoms with Gasteiger partial charge in [0.2, 0.25) is 0 Å². The zero-order valence-corrected chi connectivity index (χ0v) is 8.44. The molecule has 1 unspecified atom stereocenters. The fraction of sp³-hybridized carbons (Fsp3) is 0.364. The van der Waals surface area contributed by atoms with Crippen LogP contribution in [0, 0.1) is 5.82 Å². The molecule has 0 aliphatic carbocycles. The molecule has 1 aromatic rings. The van der Waals surface area contributed by atoms with Gasteiger partial charge in [-0.15, -0.1) is 0 Å². The van der Waals surface area contributed by atoms with E-state index in [1.165, 1.54) is 13.2 Å². The summed E-state index contributed by atoms with van der Waals surface area (Å²) < 4.78 is 18.2. The zero-order valence-electron chi connectivity index (χ0n) is 8.44. The average Bonchev–Trinajstić information content (AvgIpc) is 2.17. The molecule has 0 saturated carbocycles. The van der Waals surface area contributed by atoms with E-state index in [4.69, 9.17) is 9.84 Å². The second kappa shape index (κ2) is 5.46. The third kappa shape index (κ3) is 3.32. The van der Waals surface area contributed by atoms with Crippen molar-refractivity contribution in [1.82, 2.24) is 0 Å². The van der Waals surface area contributed by atoms with Crippen molar-refractivity contribution >= 4 is 5.97 Å². The highest BCUT2D eigenvalue weighted by atomic mass is 19.1. The Hall–Kier alpha value is -1.42. The fourth-order valence-electron chi connectivity index (χ4n) is 1.48. The van der Waals surface area contributed by atoms with Crippen LogP contribution < -0.4 is 0 Å². The van der Waals surface area contributed by atoms with Crippen molar-refractivity contribution in [3.05, 3.63) is 35.6 Å². The lowest BCUT2D eigenvalue weighted by molar-refractivity contribution is -0.137. The first kappa shape index (κ1) is 11.7. The summed E-state index contributed by atoms with van der Waals surface area (Å²) in [5.41, 5.74) is 0.391. The number of halogens is 1. The molecule has 0 amide bonds. The van der Waals surface area contributed by atoms with Crippen molar-refractivity contribution in [2.45, 2.75) is 12.3 Å². The molecule has 0 fully saturated rings. The molecule has 4 heteroatoms. The van der Waals surface area contributed by atoms with E-state index in [-0.39, 0.29) is 18.8 Å². The van der Waals surface area contributed by atoms with Gasteiger partial charge in [-0.25, -0.2) is 4.39 Å². The lowest BCUT2D eigenvalue weighted by Crippen LogP contribution is -2.13. The van der Waals surface area contributed by atoms with Gasteiger partial charge < -0.3 is 9.84 Å². The molecule has 0 radical (unpaired) electrons. The van der Waals surface area contributed by atoms with E-state index >= 15 is 0 Å². The molecule has 0 saturated heterocycles. The molecule has 3 nitrogen and oxygen atoms in total. The van der Waals surface area contributed by atoms with Crippen LogP contribution in [0.1, 0.15) is 17.9 Å². The highest BCUT2D eigenvalue weighted by Crippen LogP contribution is 2.22. The lowest BCUT2D eigenvalue weighted by Gasteiger charge is -2.14. The van der Waals surface area contributed by atoms with Crippen LogP contribution in [-0.4, -0.2) is 24.8 Å². The van der Waals surface area contributed by atoms with Gasteiger partial charge in [0.05, 0.1) is 13.0 Å². The topological polar surface area (TPSA) is 46.5 Å². The van der Waals surface area contributed by atoms with Gasteiger partial charge in [-0.2, -0.15) is 0 Å². The Kier molecular flexibility index (Phi) is 4.24. The second-order valence-electron chi connectivity index (χ2n) is 3.27. The molecule has 1 atom stereocenters. The summed E-state index contributed by atoms with van der Waals surface area (Å²) in [6, 6.07) is 6.16. The maximum Gasteiger partial charge on any atom is 0.304 e. The zero-order chi connectivity index (χ0) is 11.3. The number of hydrogen-bond acceptors (Lipinski definition) is 2. The molecule has 0 bridgehead atoms. The number of carboxylic acids is 1. The van der Waals surface area contributed by atoms with E-state index in [9.17, 15) is 9.18 Å². The van der Waals surface area contributed by atoms with Crippen LogP contribution in [0.25, 0.3) is 0 Å². The van der Waals surface area contributed by atoms with Crippen LogP contribution in [0.15, 0.2) is 24.3 Å². The first-order chi connectivity index (χ1) is 7.15. The van der Waals surface area contributed by atoms with Crippen LogP contribution in [0.4, 0.5) is 4.39 Å². The molecule has 1 rings (SSSR count). The normalized spacial score (nSPS) is 12.4. The van der Waals surface area contributed by atoms with Gasteiger partial charge in [-0.05, 0) is 11.6 Å². The summed E-state index contributed by atoms with van der Waals surface area (Å²) in [4.78, 5) is 10.6. The van der Waals surface area contributed by atoms with E-state index < -0.39 is 11.9 Å². The third-order valence-electron chi connectivity index (χ3n) is 2.13. The maximum absolute atomic E-state index is 13.4. The highest BCUT2D eigenvalue weighted by molar-refractivity contribution is 5.68. The molecule has 15 heavy (non-hydrogen) atoms. The smallest absolute Gasteiger partial charge is 0.304 e. The van der Waals surface area contributed by atoms with Gasteiger partial charge >= 0.3 is 5.97 Å². The number of aliphatic carboxylic acids is 1. The summed E-state index contributed by atoms with van der Waals surface area (Å²) in [5, 5.41) is 8.68. The summed E-state index contributed by atoms with van der Waals surface area (Å²) in [6.45, 7) is 0.202. The Morgan fingerprint density at radius 2 is 2.20 bits per heavy atom. The second-order valence-corrected chi connectivity index (χ2v) is 3.27. The van der Waals surface area contributed by atoms with Crippen molar-refractivity contribution in [1.29, 1.82) is 0 Å². The van der Waals surface area contributed by atoms with Gasteiger partial charge in [-0.3, -0.25) is 4.79 Å². The van der Waals surface area contributed by atoms with E-state index in [0.717, 1.165) is 0 Å². The van der Waals surface area contributed by atoms with Crippen LogP contribution >= 0.6 is 0 Å². The van der Waals surface area contributed by atoms with Crippen LogP contribution in [0.2, 0.25) is 0 Å². The monoisotopic (exact) mass is 212 g/mol. The van der Waals surface area contributed by atoms with Crippen molar-refractivity contribution in [2.24, 2.45) is 0 Å². The molecule has 1 N–H and O–H groups in total. The van der Waals surface area contributed by atoms with Gasteiger partial charge in [0.1, 0.15) is 5.82 Å². The molecule has 0 spiro atoms. The minimum atomic E-state index is -0.958. The number of ether oxygens (including phenoxy) is 1. The Bertz CT molecular complexity index is 338. The van der Waals surface area contributed by atoms with Crippen molar-refractivity contribution in [3.63, 3.8) is 0 Å². The van der Waals surface area contributed by atoms with Gasteiger partial charge in [0.25, 0.3) is 0 Å². The molecular formula is C11H13FO3. The molecule has 0 aliphatic heterocycles. The van der Waals surface area contributed by atoms with Crippen molar-refractivity contribution < 1.29 is 19.0 Å². The number of carboxylic acid groups (broad SMARTS) is 1. The molecule has 1 aromatic carbocycles. The van der Waals surface area contributed by atoms with Gasteiger partial charge in [-0.1, -0.05) is 18.2 Å². The SMILES string of the molecule is COCC(CC(=O)O)c1ccccc1F. The summed E-state index contributed by atoms with van der Waals surface area (Å²) in [7, 11) is 1.47. The van der Waals surface area contributed by atoms with E-state index in [2.05, 4.69) is 0 Å². The molecular weight excluding hydrogens is 199 g/mol. The van der Waals surface area contributed by atoms with Crippen molar-refractivity contribution in [2.75, 3.05) is 13.7 Å². The van der Waals surface area contributed by atoms with Gasteiger partial charge in [0, 0.05) is 13.0 Å². The van der Waals surface area contributed by atoms with Crippen LogP contribution in [0.3, 0.4) is 0 Å². The molecule has 0 heterocycles. The van der Waals surface area contributed by atoms with E-state index in [1.54, 1.807) is 18.2 Å². The first-order valence-electron chi connectivity index (χ1n) is 4.60. The maximum atomic E-state index is 13.4. The molecule has 0 aliphatic rings. The Balaban J connectivity index is 2.88. The average molecular weight is 212 g/mol. The number of hydrogen-bond donors (Lipinski definition) is 1. The Morgan fingerprint density at radius 3 is 2.73 bits per heavy atom.